The van der Waals surface area contributed by atoms with Crippen molar-refractivity contribution >= 4 is 17.5 Å². The first kappa shape index (κ1) is 15.7. The summed E-state index contributed by atoms with van der Waals surface area (Å²) in [5.41, 5.74) is 2.24. The van der Waals surface area contributed by atoms with Crippen LogP contribution in [-0.2, 0) is 11.2 Å². The molecule has 0 unspecified atom stereocenters. The summed E-state index contributed by atoms with van der Waals surface area (Å²) in [6.45, 7) is 2.05. The van der Waals surface area contributed by atoms with E-state index in [9.17, 15) is 9.59 Å². The van der Waals surface area contributed by atoms with Gasteiger partial charge in [-0.25, -0.2) is 0 Å². The Balaban J connectivity index is 1.93. The molecular weight excluding hydrogens is 278 g/mol. The van der Waals surface area contributed by atoms with E-state index in [0.29, 0.717) is 24.2 Å². The first-order chi connectivity index (χ1) is 10.6. The second-order valence-electron chi connectivity index (χ2n) is 5.06. The van der Waals surface area contributed by atoms with Crippen molar-refractivity contribution in [2.45, 2.75) is 13.3 Å². The van der Waals surface area contributed by atoms with Crippen LogP contribution in [0, 0.1) is 0 Å². The standard InChI is InChI=1S/C17H19N3O2/c1-13(21)19-16-8-6-14(7-9-16)17(22)20(2)12-10-15-5-3-4-11-18-15/h3-9,11H,10,12H2,1-2H3,(H,19,21). The molecule has 1 heterocycles. The molecule has 0 spiro atoms. The van der Waals surface area contributed by atoms with Gasteiger partial charge in [0.15, 0.2) is 0 Å². The van der Waals surface area contributed by atoms with E-state index in [0.717, 1.165) is 5.69 Å². The molecular formula is C17H19N3O2. The Kier molecular flexibility index (Phi) is 5.25. The zero-order chi connectivity index (χ0) is 15.9. The lowest BCUT2D eigenvalue weighted by molar-refractivity contribution is -0.114. The molecule has 0 bridgehead atoms. The Labute approximate surface area is 130 Å². The van der Waals surface area contributed by atoms with Crippen LogP contribution in [-0.4, -0.2) is 35.3 Å². The Morgan fingerprint density at radius 2 is 1.86 bits per heavy atom. The van der Waals surface area contributed by atoms with Gasteiger partial charge in [-0.1, -0.05) is 6.07 Å². The topological polar surface area (TPSA) is 62.3 Å². The van der Waals surface area contributed by atoms with Crippen LogP contribution in [0.1, 0.15) is 23.0 Å². The van der Waals surface area contributed by atoms with E-state index in [1.165, 1.54) is 6.92 Å². The highest BCUT2D eigenvalue weighted by Crippen LogP contribution is 2.11. The van der Waals surface area contributed by atoms with Crippen LogP contribution in [0.5, 0.6) is 0 Å². The summed E-state index contributed by atoms with van der Waals surface area (Å²) >= 11 is 0. The van der Waals surface area contributed by atoms with Gasteiger partial charge in [-0.15, -0.1) is 0 Å². The summed E-state index contributed by atoms with van der Waals surface area (Å²) in [5.74, 6) is -0.183. The van der Waals surface area contributed by atoms with Crippen molar-refractivity contribution in [3.63, 3.8) is 0 Å². The number of anilines is 1. The lowest BCUT2D eigenvalue weighted by atomic mass is 10.1. The maximum atomic E-state index is 12.3. The molecule has 2 rings (SSSR count). The van der Waals surface area contributed by atoms with Crippen LogP contribution in [0.4, 0.5) is 5.69 Å². The van der Waals surface area contributed by atoms with Crippen molar-refractivity contribution in [3.8, 4) is 0 Å². The number of hydrogen-bond acceptors (Lipinski definition) is 3. The molecule has 0 aliphatic rings. The van der Waals surface area contributed by atoms with Gasteiger partial charge in [0.2, 0.25) is 5.91 Å². The van der Waals surface area contributed by atoms with E-state index < -0.39 is 0 Å². The molecule has 0 saturated heterocycles. The number of likely N-dealkylation sites (N-methyl/N-ethyl adjacent to an activating group) is 1. The van der Waals surface area contributed by atoms with Crippen molar-refractivity contribution in [2.75, 3.05) is 18.9 Å². The van der Waals surface area contributed by atoms with Gasteiger partial charge in [-0.3, -0.25) is 14.6 Å². The Morgan fingerprint density at radius 1 is 1.14 bits per heavy atom. The average Bonchev–Trinajstić information content (AvgIpc) is 2.53. The van der Waals surface area contributed by atoms with E-state index in [4.69, 9.17) is 0 Å². The highest BCUT2D eigenvalue weighted by atomic mass is 16.2. The predicted octanol–water partition coefficient (Wildman–Crippen LogP) is 2.35. The fourth-order valence-corrected chi connectivity index (χ4v) is 2.05. The molecule has 5 nitrogen and oxygen atoms in total. The largest absolute Gasteiger partial charge is 0.341 e. The predicted molar refractivity (Wildman–Crippen MR) is 85.6 cm³/mol. The lowest BCUT2D eigenvalue weighted by Crippen LogP contribution is -2.29. The Hall–Kier alpha value is -2.69. The van der Waals surface area contributed by atoms with E-state index in [1.54, 1.807) is 42.4 Å². The van der Waals surface area contributed by atoms with Crippen LogP contribution in [0.2, 0.25) is 0 Å². The molecule has 0 aliphatic carbocycles. The van der Waals surface area contributed by atoms with Crippen molar-refractivity contribution in [1.29, 1.82) is 0 Å². The second-order valence-corrected chi connectivity index (χ2v) is 5.06. The number of hydrogen-bond donors (Lipinski definition) is 1. The fraction of sp³-hybridized carbons (Fsp3) is 0.235. The van der Waals surface area contributed by atoms with Crippen LogP contribution in [0.25, 0.3) is 0 Å². The minimum absolute atomic E-state index is 0.0506. The van der Waals surface area contributed by atoms with Gasteiger partial charge in [0.25, 0.3) is 5.91 Å². The van der Waals surface area contributed by atoms with Gasteiger partial charge in [-0.2, -0.15) is 0 Å². The molecule has 1 N–H and O–H groups in total. The number of aromatic nitrogens is 1. The number of nitrogens with one attached hydrogen (secondary N) is 1. The number of benzene rings is 1. The Morgan fingerprint density at radius 3 is 2.45 bits per heavy atom. The van der Waals surface area contributed by atoms with Crippen LogP contribution >= 0.6 is 0 Å². The first-order valence-corrected chi connectivity index (χ1v) is 7.09. The third-order valence-electron chi connectivity index (χ3n) is 3.23. The quantitative estimate of drug-likeness (QED) is 0.921. The number of carbonyl (C=O) groups is 2. The van der Waals surface area contributed by atoms with Gasteiger partial charge in [0.05, 0.1) is 0 Å². The van der Waals surface area contributed by atoms with Crippen molar-refractivity contribution < 1.29 is 9.59 Å². The summed E-state index contributed by atoms with van der Waals surface area (Å²) in [4.78, 5) is 29.2. The van der Waals surface area contributed by atoms with Gasteiger partial charge >= 0.3 is 0 Å². The number of pyridine rings is 1. The molecule has 0 saturated carbocycles. The molecule has 0 radical (unpaired) electrons. The zero-order valence-electron chi connectivity index (χ0n) is 12.7. The molecule has 114 valence electrons. The molecule has 22 heavy (non-hydrogen) atoms. The summed E-state index contributed by atoms with van der Waals surface area (Å²) in [7, 11) is 1.77. The molecule has 0 aliphatic heterocycles. The van der Waals surface area contributed by atoms with Crippen LogP contribution in [0.3, 0.4) is 0 Å². The van der Waals surface area contributed by atoms with Gasteiger partial charge < -0.3 is 10.2 Å². The first-order valence-electron chi connectivity index (χ1n) is 7.09. The van der Waals surface area contributed by atoms with E-state index in [1.807, 2.05) is 18.2 Å². The molecule has 0 atom stereocenters. The normalized spacial score (nSPS) is 10.1. The molecule has 0 fully saturated rings. The fourth-order valence-electron chi connectivity index (χ4n) is 2.05. The van der Waals surface area contributed by atoms with E-state index in [2.05, 4.69) is 10.3 Å². The Bertz CT molecular complexity index is 639. The third kappa shape index (κ3) is 4.41. The zero-order valence-corrected chi connectivity index (χ0v) is 12.7. The maximum absolute atomic E-state index is 12.3. The highest BCUT2D eigenvalue weighted by molar-refractivity contribution is 5.95. The number of rotatable bonds is 5. The minimum atomic E-state index is -0.133. The maximum Gasteiger partial charge on any atom is 0.253 e. The summed E-state index contributed by atoms with van der Waals surface area (Å²) in [6, 6.07) is 12.6. The molecule has 1 aromatic carbocycles. The van der Waals surface area contributed by atoms with Crippen molar-refractivity contribution in [3.05, 3.63) is 59.9 Å². The smallest absolute Gasteiger partial charge is 0.253 e. The van der Waals surface area contributed by atoms with Crippen molar-refractivity contribution in [2.24, 2.45) is 0 Å². The molecule has 2 aromatic rings. The van der Waals surface area contributed by atoms with E-state index >= 15 is 0 Å². The number of carbonyl (C=O) groups excluding carboxylic acids is 2. The lowest BCUT2D eigenvalue weighted by Gasteiger charge is -2.17. The van der Waals surface area contributed by atoms with Gasteiger partial charge in [0, 0.05) is 50.1 Å². The monoisotopic (exact) mass is 297 g/mol. The van der Waals surface area contributed by atoms with Gasteiger partial charge in [-0.05, 0) is 36.4 Å². The second kappa shape index (κ2) is 7.36. The van der Waals surface area contributed by atoms with E-state index in [-0.39, 0.29) is 11.8 Å². The SMILES string of the molecule is CC(=O)Nc1ccc(C(=O)N(C)CCc2ccccn2)cc1. The highest BCUT2D eigenvalue weighted by Gasteiger charge is 2.11. The summed E-state index contributed by atoms with van der Waals surface area (Å²) < 4.78 is 0. The van der Waals surface area contributed by atoms with Crippen molar-refractivity contribution in [1.82, 2.24) is 9.88 Å². The molecule has 2 amide bonds. The molecule has 5 heteroatoms. The number of nitrogens with zero attached hydrogens (tertiary/aromatic N) is 2. The van der Waals surface area contributed by atoms with Crippen LogP contribution < -0.4 is 5.32 Å². The van der Waals surface area contributed by atoms with Crippen LogP contribution in [0.15, 0.2) is 48.7 Å². The summed E-state index contributed by atoms with van der Waals surface area (Å²) in [5, 5.41) is 2.67. The summed E-state index contributed by atoms with van der Waals surface area (Å²) in [6.07, 6.45) is 2.46. The third-order valence-corrected chi connectivity index (χ3v) is 3.23. The van der Waals surface area contributed by atoms with Gasteiger partial charge in [0.1, 0.15) is 0 Å². The average molecular weight is 297 g/mol. The number of amides is 2. The minimum Gasteiger partial charge on any atom is -0.341 e. The molecule has 1 aromatic heterocycles.